The van der Waals surface area contributed by atoms with Crippen molar-refractivity contribution in [2.75, 3.05) is 30.8 Å². The van der Waals surface area contributed by atoms with E-state index in [-0.39, 0.29) is 6.04 Å². The largest absolute Gasteiger partial charge is 0.347 e. The van der Waals surface area contributed by atoms with E-state index in [1.54, 1.807) is 15.6 Å². The van der Waals surface area contributed by atoms with E-state index in [0.29, 0.717) is 6.54 Å². The third kappa shape index (κ3) is 4.73. The van der Waals surface area contributed by atoms with Crippen molar-refractivity contribution < 1.29 is 8.42 Å². The number of sulfonamides is 1. The Morgan fingerprint density at radius 1 is 1.23 bits per heavy atom. The molecular weight excluding hydrogens is 392 g/mol. The van der Waals surface area contributed by atoms with Gasteiger partial charge in [0.15, 0.2) is 0 Å². The molecule has 9 heteroatoms. The number of piperidine rings is 1. The van der Waals surface area contributed by atoms with Crippen molar-refractivity contribution in [1.29, 1.82) is 0 Å². The summed E-state index contributed by atoms with van der Waals surface area (Å²) < 4.78 is 25.4. The van der Waals surface area contributed by atoms with Crippen LogP contribution in [0, 0.1) is 0 Å². The molecule has 0 radical (unpaired) electrons. The third-order valence-corrected chi connectivity index (χ3v) is 7.25. The summed E-state index contributed by atoms with van der Waals surface area (Å²) in [4.78, 5) is 2.20. The first-order chi connectivity index (χ1) is 12.4. The first kappa shape index (κ1) is 19.5. The number of hydrogen-bond acceptors (Lipinski definition) is 6. The average Bonchev–Trinajstić information content (AvgIpc) is 3.05. The molecule has 0 saturated carbocycles. The minimum atomic E-state index is -3.15. The Morgan fingerprint density at radius 3 is 2.46 bits per heavy atom. The number of halogens is 1. The second-order valence-corrected chi connectivity index (χ2v) is 9.88. The molecule has 0 atom stereocenters. The van der Waals surface area contributed by atoms with Crippen LogP contribution in [0.1, 0.15) is 30.3 Å². The van der Waals surface area contributed by atoms with Crippen molar-refractivity contribution in [3.8, 4) is 0 Å². The molecule has 142 valence electrons. The highest BCUT2D eigenvalue weighted by Gasteiger charge is 2.30. The predicted molar refractivity (Wildman–Crippen MR) is 107 cm³/mol. The van der Waals surface area contributed by atoms with Crippen LogP contribution in [0.25, 0.3) is 0 Å². The molecule has 0 amide bonds. The molecule has 2 heterocycles. The topological polar surface area (TPSA) is 66.4 Å². The highest BCUT2D eigenvalue weighted by molar-refractivity contribution is 7.88. The number of benzene rings is 1. The maximum atomic E-state index is 11.9. The van der Waals surface area contributed by atoms with E-state index in [1.165, 1.54) is 6.26 Å². The molecule has 0 bridgehead atoms. The van der Waals surface area contributed by atoms with Gasteiger partial charge in [-0.3, -0.25) is 0 Å². The standard InChI is InChI=1S/C17H23ClN4O2S2/c1-3-22(26(2,23)24)15-8-10-21(11-9-15)17-20-19-16(25-17)12-13-4-6-14(18)7-5-13/h4-7,15H,3,8-12H2,1-2H3. The van der Waals surface area contributed by atoms with Gasteiger partial charge in [-0.05, 0) is 30.5 Å². The Kier molecular flexibility index (Phi) is 6.17. The maximum absolute atomic E-state index is 11.9. The molecule has 1 saturated heterocycles. The fraction of sp³-hybridized carbons (Fsp3) is 0.529. The quantitative estimate of drug-likeness (QED) is 0.726. The molecular formula is C17H23ClN4O2S2. The van der Waals surface area contributed by atoms with Gasteiger partial charge < -0.3 is 4.90 Å². The number of hydrogen-bond donors (Lipinski definition) is 0. The zero-order valence-corrected chi connectivity index (χ0v) is 17.3. The summed E-state index contributed by atoms with van der Waals surface area (Å²) in [5, 5.41) is 11.2. The van der Waals surface area contributed by atoms with Crippen molar-refractivity contribution in [1.82, 2.24) is 14.5 Å². The number of aromatic nitrogens is 2. The van der Waals surface area contributed by atoms with E-state index >= 15 is 0 Å². The van der Waals surface area contributed by atoms with Crippen molar-refractivity contribution in [3.63, 3.8) is 0 Å². The monoisotopic (exact) mass is 414 g/mol. The van der Waals surface area contributed by atoms with Crippen molar-refractivity contribution in [2.24, 2.45) is 0 Å². The van der Waals surface area contributed by atoms with Crippen LogP contribution < -0.4 is 4.90 Å². The number of anilines is 1. The second-order valence-electron chi connectivity index (χ2n) is 6.47. The zero-order chi connectivity index (χ0) is 18.7. The number of nitrogens with zero attached hydrogens (tertiary/aromatic N) is 4. The Hall–Kier alpha value is -1.22. The molecule has 1 fully saturated rings. The van der Waals surface area contributed by atoms with Gasteiger partial charge in [0.2, 0.25) is 15.2 Å². The van der Waals surface area contributed by atoms with Gasteiger partial charge in [0.1, 0.15) is 5.01 Å². The minimum Gasteiger partial charge on any atom is -0.347 e. The SMILES string of the molecule is CCN(C1CCN(c2nnc(Cc3ccc(Cl)cc3)s2)CC1)S(C)(=O)=O. The van der Waals surface area contributed by atoms with Crippen molar-refractivity contribution >= 4 is 38.1 Å². The van der Waals surface area contributed by atoms with E-state index in [1.807, 2.05) is 31.2 Å². The fourth-order valence-electron chi connectivity index (χ4n) is 3.33. The summed E-state index contributed by atoms with van der Waals surface area (Å²) in [5.74, 6) is 0. The molecule has 1 aromatic heterocycles. The molecule has 1 aromatic carbocycles. The second kappa shape index (κ2) is 8.21. The van der Waals surface area contributed by atoms with Crippen molar-refractivity contribution in [2.45, 2.75) is 32.2 Å². The van der Waals surface area contributed by atoms with Gasteiger partial charge >= 0.3 is 0 Å². The molecule has 26 heavy (non-hydrogen) atoms. The predicted octanol–water partition coefficient (Wildman–Crippen LogP) is 3.03. The molecule has 1 aliphatic heterocycles. The first-order valence-corrected chi connectivity index (χ1v) is 11.7. The lowest BCUT2D eigenvalue weighted by Gasteiger charge is -2.36. The van der Waals surface area contributed by atoms with Crippen LogP contribution in [0.4, 0.5) is 5.13 Å². The van der Waals surface area contributed by atoms with Crippen LogP contribution in [-0.4, -0.2) is 54.9 Å². The van der Waals surface area contributed by atoms with Gasteiger partial charge in [0, 0.05) is 37.1 Å². The Morgan fingerprint density at radius 2 is 1.88 bits per heavy atom. The Bertz CT molecular complexity index is 831. The highest BCUT2D eigenvalue weighted by Crippen LogP contribution is 2.27. The maximum Gasteiger partial charge on any atom is 0.211 e. The highest BCUT2D eigenvalue weighted by atomic mass is 35.5. The molecule has 6 nitrogen and oxygen atoms in total. The van der Waals surface area contributed by atoms with Gasteiger partial charge in [-0.25, -0.2) is 8.42 Å². The molecule has 0 N–H and O–H groups in total. The fourth-order valence-corrected chi connectivity index (χ4v) is 5.60. The van der Waals surface area contributed by atoms with Crippen LogP contribution in [0.2, 0.25) is 5.02 Å². The number of rotatable bonds is 6. The molecule has 1 aliphatic rings. The van der Waals surface area contributed by atoms with E-state index in [0.717, 1.165) is 53.1 Å². The molecule has 0 spiro atoms. The van der Waals surface area contributed by atoms with Crippen LogP contribution >= 0.6 is 22.9 Å². The van der Waals surface area contributed by atoms with Gasteiger partial charge in [-0.1, -0.05) is 42.0 Å². The lowest BCUT2D eigenvalue weighted by molar-refractivity contribution is 0.285. The van der Waals surface area contributed by atoms with E-state index in [2.05, 4.69) is 15.1 Å². The summed E-state index contributed by atoms with van der Waals surface area (Å²) in [6, 6.07) is 7.84. The van der Waals surface area contributed by atoms with Crippen LogP contribution in [0.3, 0.4) is 0 Å². The van der Waals surface area contributed by atoms with Crippen molar-refractivity contribution in [3.05, 3.63) is 39.9 Å². The zero-order valence-electron chi connectivity index (χ0n) is 14.9. The van der Waals surface area contributed by atoms with E-state index < -0.39 is 10.0 Å². The molecule has 0 unspecified atom stereocenters. The summed E-state index contributed by atoms with van der Waals surface area (Å²) in [7, 11) is -3.15. The molecule has 0 aliphatic carbocycles. The normalized spacial score (nSPS) is 16.4. The smallest absolute Gasteiger partial charge is 0.211 e. The van der Waals surface area contributed by atoms with Gasteiger partial charge in [-0.15, -0.1) is 10.2 Å². The van der Waals surface area contributed by atoms with Crippen LogP contribution in [0.15, 0.2) is 24.3 Å². The summed E-state index contributed by atoms with van der Waals surface area (Å²) >= 11 is 7.52. The first-order valence-electron chi connectivity index (χ1n) is 8.65. The average molecular weight is 415 g/mol. The molecule has 2 aromatic rings. The van der Waals surface area contributed by atoms with Crippen LogP contribution in [-0.2, 0) is 16.4 Å². The Balaban J connectivity index is 1.60. The summed E-state index contributed by atoms with van der Waals surface area (Å²) in [6.07, 6.45) is 3.65. The minimum absolute atomic E-state index is 0.0766. The Labute approximate surface area is 163 Å². The molecule has 3 rings (SSSR count). The van der Waals surface area contributed by atoms with E-state index in [4.69, 9.17) is 11.6 Å². The van der Waals surface area contributed by atoms with E-state index in [9.17, 15) is 8.42 Å². The van der Waals surface area contributed by atoms with Gasteiger partial charge in [0.25, 0.3) is 0 Å². The van der Waals surface area contributed by atoms with Gasteiger partial charge in [0.05, 0.1) is 6.26 Å². The van der Waals surface area contributed by atoms with Gasteiger partial charge in [-0.2, -0.15) is 4.31 Å². The lowest BCUT2D eigenvalue weighted by atomic mass is 10.1. The van der Waals surface area contributed by atoms with Crippen LogP contribution in [0.5, 0.6) is 0 Å². The summed E-state index contributed by atoms with van der Waals surface area (Å²) in [5.41, 5.74) is 1.16. The third-order valence-electron chi connectivity index (χ3n) is 4.60. The lowest BCUT2D eigenvalue weighted by Crippen LogP contribution is -2.47. The summed E-state index contributed by atoms with van der Waals surface area (Å²) in [6.45, 7) is 4.01.